The van der Waals surface area contributed by atoms with E-state index in [9.17, 15) is 19.5 Å². The van der Waals surface area contributed by atoms with Crippen LogP contribution in [0.25, 0.3) is 0 Å². The highest BCUT2D eigenvalue weighted by Crippen LogP contribution is 2.20. The van der Waals surface area contributed by atoms with Crippen LogP contribution in [-0.4, -0.2) is 87.4 Å². The molecule has 9 heteroatoms. The minimum absolute atomic E-state index is 0.177. The van der Waals surface area contributed by atoms with Crippen LogP contribution >= 0.6 is 0 Å². The van der Waals surface area contributed by atoms with Gasteiger partial charge in [0, 0.05) is 12.8 Å². The number of esters is 2. The molecule has 0 radical (unpaired) electrons. The largest absolute Gasteiger partial charge is 0.477 e. The highest BCUT2D eigenvalue weighted by Gasteiger charge is 2.25. The van der Waals surface area contributed by atoms with E-state index in [1.807, 2.05) is 21.1 Å². The van der Waals surface area contributed by atoms with Gasteiger partial charge in [0.05, 0.1) is 34.4 Å². The number of rotatable bonds is 77. The number of hydrogen-bond donors (Lipinski definition) is 1. The van der Waals surface area contributed by atoms with Gasteiger partial charge in [0.1, 0.15) is 13.2 Å². The van der Waals surface area contributed by atoms with Crippen LogP contribution < -0.4 is 0 Å². The lowest BCUT2D eigenvalue weighted by molar-refractivity contribution is -0.870. The summed E-state index contributed by atoms with van der Waals surface area (Å²) in [6.07, 6.45) is 101. The minimum atomic E-state index is -1.51. The molecule has 0 saturated heterocycles. The number of carbonyl (C=O) groups is 3. The molecule has 2 atom stereocenters. The summed E-state index contributed by atoms with van der Waals surface area (Å²) in [6, 6.07) is 0. The van der Waals surface area contributed by atoms with Crippen LogP contribution in [0.15, 0.2) is 72.9 Å². The van der Waals surface area contributed by atoms with Gasteiger partial charge in [-0.3, -0.25) is 9.59 Å². The van der Waals surface area contributed by atoms with E-state index in [1.165, 1.54) is 302 Å². The number of aliphatic carboxylic acids is 1. The molecule has 0 heterocycles. The van der Waals surface area contributed by atoms with Gasteiger partial charge >= 0.3 is 17.9 Å². The number of nitrogens with zero attached hydrogens (tertiary/aromatic N) is 1. The van der Waals surface area contributed by atoms with Crippen LogP contribution in [0.2, 0.25) is 0 Å². The molecule has 554 valence electrons. The van der Waals surface area contributed by atoms with Crippen molar-refractivity contribution in [1.82, 2.24) is 0 Å². The van der Waals surface area contributed by atoms with Crippen molar-refractivity contribution in [3.8, 4) is 0 Å². The predicted molar refractivity (Wildman–Crippen MR) is 410 cm³/mol. The lowest BCUT2D eigenvalue weighted by atomic mass is 10.0. The Balaban J connectivity index is 3.95. The molecule has 0 rings (SSSR count). The smallest absolute Gasteiger partial charge is 0.361 e. The molecule has 2 unspecified atom stereocenters. The van der Waals surface area contributed by atoms with Gasteiger partial charge in [-0.2, -0.15) is 0 Å². The lowest BCUT2D eigenvalue weighted by Gasteiger charge is -2.25. The summed E-state index contributed by atoms with van der Waals surface area (Å²) in [6.45, 7) is 4.83. The summed E-state index contributed by atoms with van der Waals surface area (Å²) in [5.41, 5.74) is 0. The van der Waals surface area contributed by atoms with Gasteiger partial charge in [-0.15, -0.1) is 0 Å². The number of carbonyl (C=O) groups excluding carboxylic acids is 2. The molecule has 0 bridgehead atoms. The Hall–Kier alpha value is -3.27. The third-order valence-corrected chi connectivity index (χ3v) is 18.4. The molecule has 0 aromatic heterocycles. The number of likely N-dealkylation sites (N-methyl/N-ethyl adjacent to an activating group) is 1. The molecule has 0 amide bonds. The van der Waals surface area contributed by atoms with Crippen molar-refractivity contribution in [1.29, 1.82) is 0 Å². The number of allylic oxidation sites excluding steroid dienone is 12. The zero-order valence-electron chi connectivity index (χ0n) is 63.6. The topological polar surface area (TPSA) is 108 Å². The van der Waals surface area contributed by atoms with Gasteiger partial charge in [-0.25, -0.2) is 4.79 Å². The average molecular weight is 1330 g/mol. The first-order valence-corrected chi connectivity index (χ1v) is 41.1. The minimum Gasteiger partial charge on any atom is -0.477 e. The Bertz CT molecular complexity index is 1790. The van der Waals surface area contributed by atoms with Crippen molar-refractivity contribution in [2.45, 2.75) is 411 Å². The third-order valence-electron chi connectivity index (χ3n) is 18.4. The summed E-state index contributed by atoms with van der Waals surface area (Å²) in [5.74, 6) is -1.97. The number of carboxylic acid groups (broad SMARTS) is 1. The monoisotopic (exact) mass is 1330 g/mol. The van der Waals surface area contributed by atoms with Crippen molar-refractivity contribution >= 4 is 17.9 Å². The number of quaternary nitrogens is 1. The predicted octanol–water partition coefficient (Wildman–Crippen LogP) is 26.4. The fraction of sp³-hybridized carbons (Fsp3) is 0.826. The number of unbranched alkanes of at least 4 members (excludes halogenated alkanes) is 50. The van der Waals surface area contributed by atoms with Crippen LogP contribution in [0.1, 0.15) is 399 Å². The molecule has 1 N–H and O–H groups in total. The Labute approximate surface area is 589 Å². The molecule has 0 aromatic rings. The third kappa shape index (κ3) is 77.9. The molecule has 0 aliphatic rings. The second-order valence-corrected chi connectivity index (χ2v) is 29.1. The van der Waals surface area contributed by atoms with Crippen LogP contribution in [-0.2, 0) is 33.3 Å². The van der Waals surface area contributed by atoms with Crippen molar-refractivity contribution < 1.29 is 42.9 Å². The van der Waals surface area contributed by atoms with Crippen molar-refractivity contribution in [2.24, 2.45) is 0 Å². The molecular weight excluding hydrogens is 1170 g/mol. The second-order valence-electron chi connectivity index (χ2n) is 29.1. The van der Waals surface area contributed by atoms with Crippen LogP contribution in [0.3, 0.4) is 0 Å². The molecular formula is C86H158NO8+. The van der Waals surface area contributed by atoms with Crippen LogP contribution in [0.5, 0.6) is 0 Å². The molecule has 0 fully saturated rings. The Morgan fingerprint density at radius 2 is 0.600 bits per heavy atom. The normalized spacial score (nSPS) is 13.0. The summed E-state index contributed by atoms with van der Waals surface area (Å²) >= 11 is 0. The van der Waals surface area contributed by atoms with Gasteiger partial charge in [0.2, 0.25) is 0 Å². The average Bonchev–Trinajstić information content (AvgIpc) is 3.54. The van der Waals surface area contributed by atoms with E-state index >= 15 is 0 Å². The van der Waals surface area contributed by atoms with Gasteiger partial charge in [-0.05, 0) is 83.5 Å². The molecule has 9 nitrogen and oxygen atoms in total. The molecule has 0 aliphatic heterocycles. The molecule has 0 aliphatic carbocycles. The molecule has 0 saturated carbocycles. The van der Waals surface area contributed by atoms with Crippen LogP contribution in [0.4, 0.5) is 0 Å². The Morgan fingerprint density at radius 3 is 0.905 bits per heavy atom. The van der Waals surface area contributed by atoms with Crippen molar-refractivity contribution in [3.05, 3.63) is 72.9 Å². The first kappa shape index (κ1) is 91.7. The van der Waals surface area contributed by atoms with E-state index in [0.29, 0.717) is 17.4 Å². The zero-order chi connectivity index (χ0) is 69.0. The fourth-order valence-electron chi connectivity index (χ4n) is 12.2. The van der Waals surface area contributed by atoms with E-state index in [-0.39, 0.29) is 38.2 Å². The van der Waals surface area contributed by atoms with E-state index in [2.05, 4.69) is 86.8 Å². The van der Waals surface area contributed by atoms with Gasteiger partial charge in [-0.1, -0.05) is 376 Å². The summed E-state index contributed by atoms with van der Waals surface area (Å²) in [5, 5.41) is 9.78. The van der Waals surface area contributed by atoms with Crippen molar-refractivity contribution in [2.75, 3.05) is 47.5 Å². The first-order chi connectivity index (χ1) is 46.6. The lowest BCUT2D eigenvalue weighted by Crippen LogP contribution is -2.40. The highest BCUT2D eigenvalue weighted by atomic mass is 16.7. The molecule has 95 heavy (non-hydrogen) atoms. The van der Waals surface area contributed by atoms with Crippen LogP contribution in [0, 0.1) is 0 Å². The first-order valence-electron chi connectivity index (χ1n) is 41.1. The summed E-state index contributed by atoms with van der Waals surface area (Å²) in [4.78, 5) is 37.8. The Morgan fingerprint density at radius 1 is 0.326 bits per heavy atom. The molecule has 0 spiro atoms. The fourth-order valence-corrected chi connectivity index (χ4v) is 12.2. The van der Waals surface area contributed by atoms with Gasteiger partial charge in [0.15, 0.2) is 6.10 Å². The maximum Gasteiger partial charge on any atom is 0.361 e. The number of carboxylic acids is 1. The summed E-state index contributed by atoms with van der Waals surface area (Å²) in [7, 11) is 6.00. The standard InChI is InChI=1S/C86H157NO8/c1-6-8-10-12-14-16-18-20-22-24-26-28-30-32-34-36-37-38-39-40-41-42-43-44-45-46-47-49-51-53-55-57-59-61-63-65-67-69-71-73-75-77-84(89)95-82(81-94-86(85(90)91)92-79-78-87(3,4)5)80-93-83(88)76-74-72-70-68-66-64-62-60-58-56-54-52-50-48-35-33-31-29-27-25-23-21-19-17-15-13-11-9-7-2/h8,10,14,16,20,22,25-28,32,34,82,86H,6-7,9,11-13,15,17-19,21,23-24,29-31,33,35-81H2,1-5H3/p+1/b10-8-,16-14-,22-20-,27-25-,28-26-,34-32-. The number of hydrogen-bond acceptors (Lipinski definition) is 7. The van der Waals surface area contributed by atoms with E-state index < -0.39 is 18.4 Å². The van der Waals surface area contributed by atoms with Crippen molar-refractivity contribution in [3.63, 3.8) is 0 Å². The Kier molecular flexibility index (Phi) is 73.9. The SMILES string of the molecule is CC/C=C\C/C=C\C/C=C\C/C=C\C/C=C\CCCCCCCCCCCCCCCCCCCCCCCCCCCC(=O)OC(COC(=O)CCCCCCCCCCCCCCCCCCC/C=C\CCCCCCCCCC)COC(OCC[N+](C)(C)C)C(=O)O. The highest BCUT2D eigenvalue weighted by molar-refractivity contribution is 5.71. The van der Waals surface area contributed by atoms with E-state index in [0.717, 1.165) is 70.6 Å². The van der Waals surface area contributed by atoms with Gasteiger partial charge in [0.25, 0.3) is 6.29 Å². The quantitative estimate of drug-likeness (QED) is 0.0211. The van der Waals surface area contributed by atoms with Gasteiger partial charge < -0.3 is 28.5 Å². The second kappa shape index (κ2) is 76.5. The molecule has 0 aromatic carbocycles. The zero-order valence-corrected chi connectivity index (χ0v) is 63.6. The number of ether oxygens (including phenoxy) is 4. The van der Waals surface area contributed by atoms with E-state index in [4.69, 9.17) is 18.9 Å². The maximum absolute atomic E-state index is 13.0. The summed E-state index contributed by atoms with van der Waals surface area (Å²) < 4.78 is 23.1. The maximum atomic E-state index is 13.0. The van der Waals surface area contributed by atoms with E-state index in [1.54, 1.807) is 0 Å².